The minimum absolute atomic E-state index is 0.0796. The maximum atomic E-state index is 14.9. The molecule has 0 N–H and O–H groups in total. The molecule has 3 aromatic rings. The van der Waals surface area contributed by atoms with E-state index in [0.29, 0.717) is 13.0 Å². The molecule has 0 aliphatic carbocycles. The molecule has 1 amide bonds. The molecule has 4 heteroatoms. The lowest BCUT2D eigenvalue weighted by Gasteiger charge is -2.35. The van der Waals surface area contributed by atoms with Gasteiger partial charge in [0.15, 0.2) is 7.14 Å². The Morgan fingerprint density at radius 2 is 1.22 bits per heavy atom. The van der Waals surface area contributed by atoms with Gasteiger partial charge in [-0.1, -0.05) is 91.0 Å². The summed E-state index contributed by atoms with van der Waals surface area (Å²) in [6.07, 6.45) is 1.33. The Kier molecular flexibility index (Phi) is 4.96. The van der Waals surface area contributed by atoms with Crippen LogP contribution in [-0.4, -0.2) is 17.4 Å². The molecule has 3 nitrogen and oxygen atoms in total. The van der Waals surface area contributed by atoms with Crippen LogP contribution in [0.4, 0.5) is 0 Å². The second kappa shape index (κ2) is 7.54. The topological polar surface area (TPSA) is 37.4 Å². The third-order valence-corrected chi connectivity index (χ3v) is 8.52. The van der Waals surface area contributed by atoms with Crippen LogP contribution in [0.1, 0.15) is 24.2 Å². The molecule has 0 bridgehead atoms. The zero-order valence-corrected chi connectivity index (χ0v) is 16.0. The van der Waals surface area contributed by atoms with Crippen LogP contribution in [-0.2, 0) is 9.36 Å². The van der Waals surface area contributed by atoms with Crippen LogP contribution in [0.15, 0.2) is 91.0 Å². The molecular weight excluding hydrogens is 353 g/mol. The number of hydrogen-bond acceptors (Lipinski definition) is 2. The molecule has 136 valence electrons. The average Bonchev–Trinajstić information content (AvgIpc) is 3.15. The predicted octanol–water partition coefficient (Wildman–Crippen LogP) is 4.32. The maximum Gasteiger partial charge on any atom is 0.223 e. The van der Waals surface area contributed by atoms with Crippen LogP contribution in [0.5, 0.6) is 0 Å². The van der Waals surface area contributed by atoms with Crippen molar-refractivity contribution in [2.45, 2.75) is 18.6 Å². The minimum atomic E-state index is -3.14. The van der Waals surface area contributed by atoms with Crippen molar-refractivity contribution in [2.75, 3.05) is 6.54 Å². The van der Waals surface area contributed by atoms with Crippen LogP contribution in [0.2, 0.25) is 0 Å². The van der Waals surface area contributed by atoms with Crippen LogP contribution in [0.25, 0.3) is 0 Å². The van der Waals surface area contributed by atoms with Gasteiger partial charge in [-0.15, -0.1) is 0 Å². The van der Waals surface area contributed by atoms with Gasteiger partial charge in [-0.2, -0.15) is 0 Å². The smallest absolute Gasteiger partial charge is 0.223 e. The number of nitrogens with zero attached hydrogens (tertiary/aromatic N) is 1. The van der Waals surface area contributed by atoms with Gasteiger partial charge in [0, 0.05) is 23.6 Å². The van der Waals surface area contributed by atoms with Gasteiger partial charge in [-0.3, -0.25) is 4.79 Å². The highest BCUT2D eigenvalue weighted by Gasteiger charge is 2.44. The first-order chi connectivity index (χ1) is 13.2. The molecule has 1 fully saturated rings. The second-order valence-corrected chi connectivity index (χ2v) is 9.64. The highest BCUT2D eigenvalue weighted by atomic mass is 31.2. The van der Waals surface area contributed by atoms with E-state index in [1.807, 2.05) is 95.9 Å². The van der Waals surface area contributed by atoms with Gasteiger partial charge in [0.2, 0.25) is 5.91 Å². The van der Waals surface area contributed by atoms with Crippen molar-refractivity contribution < 1.29 is 9.36 Å². The Labute approximate surface area is 160 Å². The standard InChI is InChI=1S/C23H22NO2P/c25-22-17-10-18-24(22)23(19-11-4-1-5-12-19)27(26,20-13-6-2-7-14-20)21-15-8-3-9-16-21/h1-9,11-16,23H,10,17-18H2. The van der Waals surface area contributed by atoms with E-state index >= 15 is 0 Å². The SMILES string of the molecule is O=C1CCCN1C(c1ccccc1)P(=O)(c1ccccc1)c1ccccc1. The van der Waals surface area contributed by atoms with Gasteiger partial charge in [-0.25, -0.2) is 0 Å². The van der Waals surface area contributed by atoms with Crippen LogP contribution >= 0.6 is 7.14 Å². The van der Waals surface area contributed by atoms with Crippen LogP contribution in [0.3, 0.4) is 0 Å². The monoisotopic (exact) mass is 375 g/mol. The third kappa shape index (κ3) is 3.24. The van der Waals surface area contributed by atoms with E-state index in [1.165, 1.54) is 0 Å². The third-order valence-electron chi connectivity index (χ3n) is 5.13. The number of benzene rings is 3. The molecule has 4 rings (SSSR count). The lowest BCUT2D eigenvalue weighted by Crippen LogP contribution is -2.35. The fourth-order valence-corrected chi connectivity index (χ4v) is 7.19. The molecule has 0 spiro atoms. The summed E-state index contributed by atoms with van der Waals surface area (Å²) < 4.78 is 14.9. The fraction of sp³-hybridized carbons (Fsp3) is 0.174. The van der Waals surface area contributed by atoms with Crippen molar-refractivity contribution in [2.24, 2.45) is 0 Å². The van der Waals surface area contributed by atoms with Crippen molar-refractivity contribution in [3.63, 3.8) is 0 Å². The summed E-state index contributed by atoms with van der Waals surface area (Å²) in [4.78, 5) is 14.5. The highest BCUT2D eigenvalue weighted by Crippen LogP contribution is 2.59. The van der Waals surface area contributed by atoms with Crippen LogP contribution in [0, 0.1) is 0 Å². The Balaban J connectivity index is 1.98. The number of rotatable bonds is 5. The molecule has 0 saturated carbocycles. The van der Waals surface area contributed by atoms with Gasteiger partial charge < -0.3 is 9.46 Å². The molecular formula is C23H22NO2P. The van der Waals surface area contributed by atoms with Crippen molar-refractivity contribution >= 4 is 23.7 Å². The first kappa shape index (κ1) is 17.8. The van der Waals surface area contributed by atoms with Gasteiger partial charge >= 0.3 is 0 Å². The minimum Gasteiger partial charge on any atom is -0.328 e. The average molecular weight is 375 g/mol. The second-order valence-electron chi connectivity index (χ2n) is 6.80. The number of hydrogen-bond donors (Lipinski definition) is 0. The van der Waals surface area contributed by atoms with Crippen molar-refractivity contribution in [3.8, 4) is 0 Å². The maximum absolute atomic E-state index is 14.9. The van der Waals surface area contributed by atoms with E-state index in [1.54, 1.807) is 0 Å². The summed E-state index contributed by atoms with van der Waals surface area (Å²) in [5.74, 6) is -0.408. The van der Waals surface area contributed by atoms with Gasteiger partial charge in [0.1, 0.15) is 5.78 Å². The quantitative estimate of drug-likeness (QED) is 0.623. The van der Waals surface area contributed by atoms with Gasteiger partial charge in [0.05, 0.1) is 0 Å². The summed E-state index contributed by atoms with van der Waals surface area (Å²) in [5, 5.41) is 1.56. The molecule has 3 aromatic carbocycles. The normalized spacial score (nSPS) is 15.7. The molecule has 27 heavy (non-hydrogen) atoms. The molecule has 1 heterocycles. The zero-order chi connectivity index (χ0) is 18.7. The van der Waals surface area contributed by atoms with E-state index < -0.39 is 12.9 Å². The Bertz CT molecular complexity index is 914. The van der Waals surface area contributed by atoms with E-state index in [4.69, 9.17) is 0 Å². The van der Waals surface area contributed by atoms with E-state index in [0.717, 1.165) is 22.6 Å². The molecule has 1 atom stereocenters. The Morgan fingerprint density at radius 3 is 1.67 bits per heavy atom. The summed E-state index contributed by atoms with van der Waals surface area (Å²) in [7, 11) is -3.14. The molecule has 1 aliphatic heterocycles. The predicted molar refractivity (Wildman–Crippen MR) is 110 cm³/mol. The van der Waals surface area contributed by atoms with Gasteiger partial charge in [-0.05, 0) is 12.0 Å². The number of amides is 1. The number of likely N-dealkylation sites (tertiary alicyclic amines) is 1. The van der Waals surface area contributed by atoms with Gasteiger partial charge in [0.25, 0.3) is 0 Å². The van der Waals surface area contributed by atoms with Crippen molar-refractivity contribution in [1.29, 1.82) is 0 Å². The lowest BCUT2D eigenvalue weighted by atomic mass is 10.2. The fourth-order valence-electron chi connectivity index (χ4n) is 3.87. The summed E-state index contributed by atoms with van der Waals surface area (Å²) in [6, 6.07) is 29.0. The zero-order valence-electron chi connectivity index (χ0n) is 15.1. The van der Waals surface area contributed by atoms with E-state index in [9.17, 15) is 9.36 Å². The Morgan fingerprint density at radius 1 is 0.741 bits per heavy atom. The number of carbonyl (C=O) groups is 1. The van der Waals surface area contributed by atoms with Crippen molar-refractivity contribution in [3.05, 3.63) is 96.6 Å². The molecule has 1 saturated heterocycles. The summed E-state index contributed by atoms with van der Waals surface area (Å²) >= 11 is 0. The highest BCUT2D eigenvalue weighted by molar-refractivity contribution is 7.79. The number of carbonyl (C=O) groups excluding carboxylic acids is 1. The molecule has 0 radical (unpaired) electrons. The van der Waals surface area contributed by atoms with E-state index in [-0.39, 0.29) is 5.91 Å². The first-order valence-electron chi connectivity index (χ1n) is 9.26. The summed E-state index contributed by atoms with van der Waals surface area (Å²) in [6.45, 7) is 0.641. The van der Waals surface area contributed by atoms with Crippen molar-refractivity contribution in [1.82, 2.24) is 4.90 Å². The first-order valence-corrected chi connectivity index (χ1v) is 11.0. The largest absolute Gasteiger partial charge is 0.328 e. The summed E-state index contributed by atoms with van der Waals surface area (Å²) in [5.41, 5.74) is 0.920. The van der Waals surface area contributed by atoms with Crippen LogP contribution < -0.4 is 10.6 Å². The molecule has 1 unspecified atom stereocenters. The lowest BCUT2D eigenvalue weighted by molar-refractivity contribution is -0.128. The molecule has 0 aromatic heterocycles. The Hall–Kier alpha value is -2.64. The van der Waals surface area contributed by atoms with E-state index in [2.05, 4.69) is 0 Å². The molecule has 1 aliphatic rings.